The molecule has 0 saturated heterocycles. The Balaban J connectivity index is 1.76. The molecule has 2 aromatic carbocycles. The Hall–Kier alpha value is -1.67. The van der Waals surface area contributed by atoms with E-state index in [0.717, 1.165) is 22.9 Å². The number of hydrogen-bond donors (Lipinski definition) is 2. The highest BCUT2D eigenvalue weighted by molar-refractivity contribution is 7.47. The second-order valence-electron chi connectivity index (χ2n) is 11.6. The van der Waals surface area contributed by atoms with Gasteiger partial charge in [-0.15, -0.1) is 0 Å². The highest BCUT2D eigenvalue weighted by atomic mass is 31.2. The number of aliphatic hydroxyl groups excluding tert-OH is 1. The number of phosphoric ester groups is 1. The average molecular weight is 583 g/mol. The van der Waals surface area contributed by atoms with Crippen LogP contribution < -0.4 is 9.47 Å². The quantitative estimate of drug-likeness (QED) is 0.0868. The van der Waals surface area contributed by atoms with E-state index in [0.29, 0.717) is 16.8 Å². The van der Waals surface area contributed by atoms with E-state index in [1.54, 1.807) is 0 Å². The molecule has 0 saturated carbocycles. The number of likely N-dealkylation sites (N-methyl/N-ethyl adjacent to an activating group) is 1. The molecular formula is C31H53NO7P+. The van der Waals surface area contributed by atoms with Crippen molar-refractivity contribution in [2.75, 3.05) is 47.6 Å². The van der Waals surface area contributed by atoms with E-state index in [9.17, 15) is 14.6 Å². The molecule has 0 spiro atoms. The van der Waals surface area contributed by atoms with E-state index in [-0.39, 0.29) is 25.9 Å². The number of benzene rings is 2. The van der Waals surface area contributed by atoms with Gasteiger partial charge in [-0.1, -0.05) is 89.0 Å². The lowest BCUT2D eigenvalue weighted by Gasteiger charge is -2.31. The molecule has 9 heteroatoms. The van der Waals surface area contributed by atoms with Crippen molar-refractivity contribution < 1.29 is 37.6 Å². The van der Waals surface area contributed by atoms with Crippen molar-refractivity contribution in [3.63, 3.8) is 0 Å². The molecule has 228 valence electrons. The minimum Gasteiger partial charge on any atom is -0.493 e. The standard InChI is InChI=1S/C31H52NO7P/c1-6-7-8-9-10-11-12-13-14-15-22-36-30-20-16-19-29-28(30)18-17-21-31(29)37-24-27(33)25-39-40(34,35)38-23-26(2)32(3,4)5/h16-21,26-27,33H,6-15,22-25H2,1-5H3/p+1. The van der Waals surface area contributed by atoms with Gasteiger partial charge in [0.1, 0.15) is 36.9 Å². The number of phosphoric acid groups is 1. The fraction of sp³-hybridized carbons (Fsp3) is 0.677. The number of quaternary nitrogens is 1. The van der Waals surface area contributed by atoms with Gasteiger partial charge >= 0.3 is 7.82 Å². The fourth-order valence-electron chi connectivity index (χ4n) is 4.15. The molecule has 2 aromatic rings. The Morgan fingerprint density at radius 3 is 1.80 bits per heavy atom. The Kier molecular flexibility index (Phi) is 15.5. The van der Waals surface area contributed by atoms with Crippen molar-refractivity contribution in [1.82, 2.24) is 0 Å². The maximum atomic E-state index is 12.2. The molecule has 0 aliphatic carbocycles. The van der Waals surface area contributed by atoms with Crippen LogP contribution in [-0.2, 0) is 13.6 Å². The summed E-state index contributed by atoms with van der Waals surface area (Å²) in [5, 5.41) is 12.1. The zero-order valence-corrected chi connectivity index (χ0v) is 26.2. The van der Waals surface area contributed by atoms with Gasteiger partial charge in [0.05, 0.1) is 34.4 Å². The van der Waals surface area contributed by atoms with Crippen LogP contribution in [0.3, 0.4) is 0 Å². The molecule has 0 fully saturated rings. The SMILES string of the molecule is CCCCCCCCCCCCOc1cccc2c(OCC(O)COP(=O)(O)OCC(C)[N+](C)(C)C)cccc12. The zero-order chi connectivity index (χ0) is 29.4. The summed E-state index contributed by atoms with van der Waals surface area (Å²) in [7, 11) is 1.63. The van der Waals surface area contributed by atoms with Crippen molar-refractivity contribution in [2.24, 2.45) is 0 Å². The van der Waals surface area contributed by atoms with Gasteiger partial charge in [-0.2, -0.15) is 0 Å². The van der Waals surface area contributed by atoms with E-state index in [1.165, 1.54) is 57.8 Å². The van der Waals surface area contributed by atoms with Crippen molar-refractivity contribution in [1.29, 1.82) is 0 Å². The third kappa shape index (κ3) is 13.3. The van der Waals surface area contributed by atoms with Crippen LogP contribution in [0.5, 0.6) is 11.5 Å². The van der Waals surface area contributed by atoms with E-state index in [1.807, 2.05) is 64.5 Å². The first-order valence-electron chi connectivity index (χ1n) is 14.9. The van der Waals surface area contributed by atoms with Crippen LogP contribution in [0, 0.1) is 0 Å². The van der Waals surface area contributed by atoms with Gasteiger partial charge in [0.2, 0.25) is 0 Å². The highest BCUT2D eigenvalue weighted by Gasteiger charge is 2.27. The van der Waals surface area contributed by atoms with Crippen molar-refractivity contribution >= 4 is 18.6 Å². The van der Waals surface area contributed by atoms with E-state index in [2.05, 4.69) is 6.92 Å². The number of ether oxygens (including phenoxy) is 2. The lowest BCUT2D eigenvalue weighted by Crippen LogP contribution is -2.45. The van der Waals surface area contributed by atoms with Crippen LogP contribution >= 0.6 is 7.82 Å². The first kappa shape index (κ1) is 34.5. The van der Waals surface area contributed by atoms with Crippen LogP contribution in [0.15, 0.2) is 36.4 Å². The largest absolute Gasteiger partial charge is 0.493 e. The highest BCUT2D eigenvalue weighted by Crippen LogP contribution is 2.43. The number of rotatable bonds is 22. The van der Waals surface area contributed by atoms with E-state index < -0.39 is 13.9 Å². The van der Waals surface area contributed by atoms with Crippen LogP contribution in [0.1, 0.15) is 78.1 Å². The molecule has 8 nitrogen and oxygen atoms in total. The van der Waals surface area contributed by atoms with Crippen molar-refractivity contribution in [3.8, 4) is 11.5 Å². The monoisotopic (exact) mass is 582 g/mol. The molecule has 2 N–H and O–H groups in total. The molecule has 0 radical (unpaired) electrons. The first-order valence-corrected chi connectivity index (χ1v) is 16.4. The maximum absolute atomic E-state index is 12.2. The fourth-order valence-corrected chi connectivity index (χ4v) is 4.99. The van der Waals surface area contributed by atoms with Crippen molar-refractivity contribution in [2.45, 2.75) is 90.2 Å². The third-order valence-electron chi connectivity index (χ3n) is 7.26. The lowest BCUT2D eigenvalue weighted by molar-refractivity contribution is -0.894. The molecular weight excluding hydrogens is 529 g/mol. The summed E-state index contributed by atoms with van der Waals surface area (Å²) < 4.78 is 34.8. The molecule has 0 amide bonds. The first-order chi connectivity index (χ1) is 19.0. The summed E-state index contributed by atoms with van der Waals surface area (Å²) in [6.45, 7) is 4.42. The average Bonchev–Trinajstić information content (AvgIpc) is 2.92. The maximum Gasteiger partial charge on any atom is 0.472 e. The Morgan fingerprint density at radius 1 is 0.750 bits per heavy atom. The zero-order valence-electron chi connectivity index (χ0n) is 25.3. The predicted molar refractivity (Wildman–Crippen MR) is 162 cm³/mol. The Bertz CT molecular complexity index is 1030. The van der Waals surface area contributed by atoms with Gasteiger partial charge in [-0.25, -0.2) is 4.57 Å². The summed E-state index contributed by atoms with van der Waals surface area (Å²) in [6, 6.07) is 11.5. The molecule has 0 aromatic heterocycles. The third-order valence-corrected chi connectivity index (χ3v) is 8.21. The van der Waals surface area contributed by atoms with Crippen molar-refractivity contribution in [3.05, 3.63) is 36.4 Å². The Morgan fingerprint density at radius 2 is 1.25 bits per heavy atom. The van der Waals surface area contributed by atoms with Crippen LogP contribution in [0.2, 0.25) is 0 Å². The number of fused-ring (bicyclic) bond motifs is 1. The molecule has 0 aliphatic rings. The minimum absolute atomic E-state index is 0.00697. The summed E-state index contributed by atoms with van der Waals surface area (Å²) in [5.41, 5.74) is 0. The summed E-state index contributed by atoms with van der Waals surface area (Å²) in [5.74, 6) is 1.41. The topological polar surface area (TPSA) is 94.5 Å². The predicted octanol–water partition coefficient (Wildman–Crippen LogP) is 7.11. The minimum atomic E-state index is -4.28. The summed E-state index contributed by atoms with van der Waals surface area (Å²) >= 11 is 0. The molecule has 0 bridgehead atoms. The number of hydrogen-bond acceptors (Lipinski definition) is 6. The van der Waals surface area contributed by atoms with Crippen LogP contribution in [0.25, 0.3) is 10.8 Å². The molecule has 3 atom stereocenters. The molecule has 2 rings (SSSR count). The summed E-state index contributed by atoms with van der Waals surface area (Å²) in [6.07, 6.45) is 11.7. The molecule has 0 heterocycles. The van der Waals surface area contributed by atoms with Gasteiger partial charge in [-0.05, 0) is 25.5 Å². The summed E-state index contributed by atoms with van der Waals surface area (Å²) in [4.78, 5) is 9.95. The van der Waals surface area contributed by atoms with Gasteiger partial charge in [0.25, 0.3) is 0 Å². The van der Waals surface area contributed by atoms with Gasteiger partial charge in [0, 0.05) is 10.8 Å². The van der Waals surface area contributed by atoms with E-state index in [4.69, 9.17) is 18.5 Å². The van der Waals surface area contributed by atoms with Crippen LogP contribution in [-0.4, -0.2) is 74.2 Å². The lowest BCUT2D eigenvalue weighted by atomic mass is 10.1. The normalized spacial score (nSPS) is 15.1. The Labute approximate surface area is 241 Å². The second kappa shape index (κ2) is 18.0. The second-order valence-corrected chi connectivity index (χ2v) is 13.1. The smallest absolute Gasteiger partial charge is 0.472 e. The number of nitrogens with zero attached hydrogens (tertiary/aromatic N) is 1. The molecule has 0 aliphatic heterocycles. The van der Waals surface area contributed by atoms with Gasteiger partial charge in [0.15, 0.2) is 0 Å². The van der Waals surface area contributed by atoms with Gasteiger partial charge in [-0.3, -0.25) is 9.05 Å². The number of aliphatic hydroxyl groups is 1. The molecule has 40 heavy (non-hydrogen) atoms. The molecule has 3 unspecified atom stereocenters. The van der Waals surface area contributed by atoms with Crippen LogP contribution in [0.4, 0.5) is 0 Å². The van der Waals surface area contributed by atoms with E-state index >= 15 is 0 Å². The number of unbranched alkanes of at least 4 members (excludes halogenated alkanes) is 9. The van der Waals surface area contributed by atoms with Gasteiger partial charge < -0.3 is 24.0 Å².